The van der Waals surface area contributed by atoms with Gasteiger partial charge in [0.1, 0.15) is 5.75 Å². The van der Waals surface area contributed by atoms with Crippen LogP contribution in [0.4, 0.5) is 0 Å². The summed E-state index contributed by atoms with van der Waals surface area (Å²) in [5, 5.41) is 3.33. The molecule has 2 aliphatic rings. The molecule has 2 aliphatic heterocycles. The fourth-order valence-corrected chi connectivity index (χ4v) is 3.45. The van der Waals surface area contributed by atoms with Crippen LogP contribution in [0.25, 0.3) is 0 Å². The zero-order valence-corrected chi connectivity index (χ0v) is 13.3. The van der Waals surface area contributed by atoms with E-state index in [1.165, 1.54) is 0 Å². The molecule has 1 aromatic carbocycles. The fraction of sp³-hybridized carbons (Fsp3) is 0.500. The van der Waals surface area contributed by atoms with Crippen LogP contribution in [0.15, 0.2) is 18.2 Å². The first-order chi connectivity index (χ1) is 10.5. The van der Waals surface area contributed by atoms with Gasteiger partial charge >= 0.3 is 0 Å². The summed E-state index contributed by atoms with van der Waals surface area (Å²) < 4.78 is 5.16. The molecule has 1 spiro atoms. The Labute approximate surface area is 134 Å². The van der Waals surface area contributed by atoms with Gasteiger partial charge in [0.25, 0.3) is 5.91 Å². The maximum Gasteiger partial charge on any atom is 0.255 e. The average Bonchev–Trinajstić information content (AvgIpc) is 2.88. The molecule has 2 heterocycles. The molecule has 0 saturated carbocycles. The molecule has 2 saturated heterocycles. The van der Waals surface area contributed by atoms with E-state index in [9.17, 15) is 9.59 Å². The van der Waals surface area contributed by atoms with Crippen LogP contribution in [0, 0.1) is 5.41 Å². The van der Waals surface area contributed by atoms with Crippen molar-refractivity contribution < 1.29 is 14.3 Å². The molecular weight excluding hydrogens is 304 g/mol. The molecule has 1 N–H and O–H groups in total. The van der Waals surface area contributed by atoms with E-state index in [2.05, 4.69) is 5.32 Å². The third-order valence-corrected chi connectivity index (χ3v) is 5.04. The highest BCUT2D eigenvalue weighted by Crippen LogP contribution is 2.38. The number of amides is 2. The van der Waals surface area contributed by atoms with Gasteiger partial charge in [0.2, 0.25) is 5.91 Å². The van der Waals surface area contributed by atoms with Crippen molar-refractivity contribution in [1.82, 2.24) is 10.2 Å². The van der Waals surface area contributed by atoms with Gasteiger partial charge in [0, 0.05) is 26.1 Å². The number of carbonyl (C=O) groups is 2. The van der Waals surface area contributed by atoms with E-state index in [0.717, 1.165) is 19.4 Å². The molecule has 1 aromatic rings. The number of carbonyl (C=O) groups excluding carboxylic acids is 2. The van der Waals surface area contributed by atoms with Gasteiger partial charge in [-0.2, -0.15) is 0 Å². The van der Waals surface area contributed by atoms with Crippen LogP contribution in [0.1, 0.15) is 29.6 Å². The van der Waals surface area contributed by atoms with E-state index in [1.54, 1.807) is 25.3 Å². The number of halogens is 1. The normalized spacial score (nSPS) is 20.1. The Balaban J connectivity index is 1.71. The Morgan fingerprint density at radius 1 is 1.36 bits per heavy atom. The van der Waals surface area contributed by atoms with E-state index in [0.29, 0.717) is 35.8 Å². The van der Waals surface area contributed by atoms with Crippen LogP contribution < -0.4 is 10.1 Å². The van der Waals surface area contributed by atoms with Crippen LogP contribution in [0.3, 0.4) is 0 Å². The molecule has 0 bridgehead atoms. The number of ether oxygens (including phenoxy) is 1. The maximum atomic E-state index is 12.7. The SMILES string of the molecule is COc1ccc(Cl)c(C(=O)N2CCC3(CC2)CNC(=O)C3)c1. The monoisotopic (exact) mass is 322 g/mol. The number of methoxy groups -OCH3 is 1. The first-order valence-electron chi connectivity index (χ1n) is 7.43. The molecule has 0 aliphatic carbocycles. The Kier molecular flexibility index (Phi) is 4.00. The molecule has 0 atom stereocenters. The highest BCUT2D eigenvalue weighted by Gasteiger charge is 2.41. The number of benzene rings is 1. The molecule has 0 aromatic heterocycles. The molecule has 2 amide bonds. The number of hydrogen-bond donors (Lipinski definition) is 1. The summed E-state index contributed by atoms with van der Waals surface area (Å²) in [6.07, 6.45) is 2.27. The van der Waals surface area contributed by atoms with Crippen LogP contribution in [0.5, 0.6) is 5.75 Å². The summed E-state index contributed by atoms with van der Waals surface area (Å²) in [5.41, 5.74) is 0.504. The van der Waals surface area contributed by atoms with Crippen LogP contribution in [-0.4, -0.2) is 43.5 Å². The maximum absolute atomic E-state index is 12.7. The van der Waals surface area contributed by atoms with Crippen molar-refractivity contribution in [1.29, 1.82) is 0 Å². The highest BCUT2D eigenvalue weighted by molar-refractivity contribution is 6.33. The molecule has 0 unspecified atom stereocenters. The van der Waals surface area contributed by atoms with Crippen LogP contribution in [-0.2, 0) is 4.79 Å². The van der Waals surface area contributed by atoms with Crippen molar-refractivity contribution in [3.05, 3.63) is 28.8 Å². The van der Waals surface area contributed by atoms with Crippen molar-refractivity contribution in [3.63, 3.8) is 0 Å². The smallest absolute Gasteiger partial charge is 0.255 e. The second-order valence-corrected chi connectivity index (χ2v) is 6.50. The highest BCUT2D eigenvalue weighted by atomic mass is 35.5. The van der Waals surface area contributed by atoms with Gasteiger partial charge in [-0.15, -0.1) is 0 Å². The first kappa shape index (κ1) is 15.2. The van der Waals surface area contributed by atoms with E-state index in [4.69, 9.17) is 16.3 Å². The third kappa shape index (κ3) is 2.77. The predicted molar refractivity (Wildman–Crippen MR) is 83.2 cm³/mol. The van der Waals surface area contributed by atoms with Crippen molar-refractivity contribution in [2.45, 2.75) is 19.3 Å². The summed E-state index contributed by atoms with van der Waals surface area (Å²) in [6, 6.07) is 5.09. The number of likely N-dealkylation sites (tertiary alicyclic amines) is 1. The first-order valence-corrected chi connectivity index (χ1v) is 7.80. The second-order valence-electron chi connectivity index (χ2n) is 6.09. The average molecular weight is 323 g/mol. The summed E-state index contributed by atoms with van der Waals surface area (Å²) in [7, 11) is 1.56. The number of nitrogens with zero attached hydrogens (tertiary/aromatic N) is 1. The topological polar surface area (TPSA) is 58.6 Å². The van der Waals surface area contributed by atoms with E-state index in [-0.39, 0.29) is 17.2 Å². The van der Waals surface area contributed by atoms with Gasteiger partial charge in [-0.25, -0.2) is 0 Å². The fourth-order valence-electron chi connectivity index (χ4n) is 3.25. The van der Waals surface area contributed by atoms with Gasteiger partial charge < -0.3 is 15.0 Å². The molecule has 2 fully saturated rings. The minimum atomic E-state index is -0.0731. The predicted octanol–water partition coefficient (Wildman–Crippen LogP) is 2.09. The molecule has 118 valence electrons. The lowest BCUT2D eigenvalue weighted by molar-refractivity contribution is -0.119. The lowest BCUT2D eigenvalue weighted by Crippen LogP contribution is -2.44. The molecule has 22 heavy (non-hydrogen) atoms. The molecule has 0 radical (unpaired) electrons. The number of piperidine rings is 1. The molecule has 5 nitrogen and oxygen atoms in total. The molecule has 6 heteroatoms. The lowest BCUT2D eigenvalue weighted by atomic mass is 9.77. The number of rotatable bonds is 2. The zero-order chi connectivity index (χ0) is 15.7. The van der Waals surface area contributed by atoms with E-state index >= 15 is 0 Å². The molecule has 3 rings (SSSR count). The van der Waals surface area contributed by atoms with Gasteiger partial charge in [-0.05, 0) is 36.5 Å². The van der Waals surface area contributed by atoms with Gasteiger partial charge in [-0.1, -0.05) is 11.6 Å². The summed E-state index contributed by atoms with van der Waals surface area (Å²) in [5.74, 6) is 0.665. The van der Waals surface area contributed by atoms with Crippen molar-refractivity contribution >= 4 is 23.4 Å². The Morgan fingerprint density at radius 3 is 2.68 bits per heavy atom. The van der Waals surface area contributed by atoms with Gasteiger partial charge in [0.15, 0.2) is 0 Å². The summed E-state index contributed by atoms with van der Waals surface area (Å²) in [6.45, 7) is 2.04. The summed E-state index contributed by atoms with van der Waals surface area (Å²) in [4.78, 5) is 25.9. The second kappa shape index (κ2) is 5.80. The van der Waals surface area contributed by atoms with Crippen LogP contribution in [0.2, 0.25) is 5.02 Å². The Bertz CT molecular complexity index is 609. The quantitative estimate of drug-likeness (QED) is 0.907. The zero-order valence-electron chi connectivity index (χ0n) is 12.5. The Hall–Kier alpha value is -1.75. The summed E-state index contributed by atoms with van der Waals surface area (Å²) >= 11 is 6.15. The molecular formula is C16H19ClN2O3. The van der Waals surface area contributed by atoms with Gasteiger partial charge in [0.05, 0.1) is 17.7 Å². The minimum absolute atomic E-state index is 0.0338. The third-order valence-electron chi connectivity index (χ3n) is 4.71. The largest absolute Gasteiger partial charge is 0.497 e. The van der Waals surface area contributed by atoms with E-state index in [1.807, 2.05) is 4.90 Å². The Morgan fingerprint density at radius 2 is 2.09 bits per heavy atom. The lowest BCUT2D eigenvalue weighted by Gasteiger charge is -2.38. The van der Waals surface area contributed by atoms with Crippen LogP contribution >= 0.6 is 11.6 Å². The van der Waals surface area contributed by atoms with Crippen molar-refractivity contribution in [3.8, 4) is 5.75 Å². The minimum Gasteiger partial charge on any atom is -0.497 e. The van der Waals surface area contributed by atoms with E-state index < -0.39 is 0 Å². The number of hydrogen-bond acceptors (Lipinski definition) is 3. The van der Waals surface area contributed by atoms with Gasteiger partial charge in [-0.3, -0.25) is 9.59 Å². The number of nitrogens with one attached hydrogen (secondary N) is 1. The standard InChI is InChI=1S/C16H19ClN2O3/c1-22-11-2-3-13(17)12(8-11)15(21)19-6-4-16(5-7-19)9-14(20)18-10-16/h2-3,8H,4-7,9-10H2,1H3,(H,18,20). The van der Waals surface area contributed by atoms with Crippen molar-refractivity contribution in [2.24, 2.45) is 5.41 Å². The van der Waals surface area contributed by atoms with Crippen molar-refractivity contribution in [2.75, 3.05) is 26.7 Å².